The zero-order valence-electron chi connectivity index (χ0n) is 13.8. The Hall–Kier alpha value is -0.920. The van der Waals surface area contributed by atoms with E-state index in [0.717, 1.165) is 16.9 Å². The molecule has 0 N–H and O–H groups in total. The Morgan fingerprint density at radius 1 is 1.12 bits per heavy atom. The Morgan fingerprint density at radius 3 is 2.19 bits per heavy atom. The van der Waals surface area contributed by atoms with Crippen LogP contribution in [-0.4, -0.2) is 10.5 Å². The van der Waals surface area contributed by atoms with Crippen molar-refractivity contribution >= 4 is 38.0 Å². The summed E-state index contributed by atoms with van der Waals surface area (Å²) < 4.78 is 58.7. The Balaban J connectivity index is 0.000000298. The second kappa shape index (κ2) is 6.04. The van der Waals surface area contributed by atoms with Crippen molar-refractivity contribution in [1.82, 2.24) is 0 Å². The van der Waals surface area contributed by atoms with Gasteiger partial charge in [0, 0.05) is 27.7 Å². The molecule has 1 aromatic rings. The molecule has 1 aliphatic carbocycles. The van der Waals surface area contributed by atoms with Crippen LogP contribution in [0.5, 0.6) is 0 Å². The van der Waals surface area contributed by atoms with Gasteiger partial charge in [0.15, 0.2) is 0 Å². The van der Waals surface area contributed by atoms with Crippen LogP contribution in [0.25, 0.3) is 0 Å². The average molecular weight is 434 g/mol. The second-order valence-electron chi connectivity index (χ2n) is 6.37. The molecule has 3 rings (SSSR count). The average Bonchev–Trinajstić information content (AvgIpc) is 2.46. The number of ketones is 1. The fourth-order valence-electron chi connectivity index (χ4n) is 2.52. The molecule has 0 saturated heterocycles. The van der Waals surface area contributed by atoms with Crippen LogP contribution in [0.2, 0.25) is 0 Å². The van der Waals surface area contributed by atoms with E-state index >= 15 is 0 Å². The van der Waals surface area contributed by atoms with E-state index < -0.39 is 12.6 Å². The monoisotopic (exact) mass is 434 g/mol. The minimum atomic E-state index is -10.7. The Labute approximate surface area is 156 Å². The summed E-state index contributed by atoms with van der Waals surface area (Å²) in [6.45, 7) is 4.15. The number of hydrogen-bond donors (Lipinski definition) is 0. The third-order valence-electron chi connectivity index (χ3n) is 3.92. The number of carbonyl (C=O) groups excluding carboxylic acids is 1. The molecule has 1 aromatic carbocycles. The van der Waals surface area contributed by atoms with E-state index in [1.54, 1.807) is 11.8 Å². The van der Waals surface area contributed by atoms with Gasteiger partial charge in [-0.1, -0.05) is 43.8 Å². The van der Waals surface area contributed by atoms with E-state index in [-0.39, 0.29) is 11.7 Å². The van der Waals surface area contributed by atoms with Crippen LogP contribution < -0.4 is 0 Å². The van der Waals surface area contributed by atoms with Crippen LogP contribution in [0.1, 0.15) is 19.4 Å². The van der Waals surface area contributed by atoms with Gasteiger partial charge < -0.3 is 0 Å². The van der Waals surface area contributed by atoms with Gasteiger partial charge in [0.25, 0.3) is 0 Å². The van der Waals surface area contributed by atoms with Gasteiger partial charge in [-0.05, 0) is 36.4 Å². The topological polar surface area (TPSA) is 17.1 Å². The molecule has 1 heterocycles. The molecule has 0 saturated carbocycles. The summed E-state index contributed by atoms with van der Waals surface area (Å²) in [7, 11) is -10.7. The SMILES string of the molecule is CC(C)C1([SH2+])C=CC2=C(Cc3ccccc3S2)C1=O.F[P-](F)(F)(F)(F)F. The third-order valence-corrected chi connectivity index (χ3v) is 6.11. The number of benzene rings is 1. The Bertz CT molecular complexity index is 802. The zero-order valence-corrected chi connectivity index (χ0v) is 16.5. The van der Waals surface area contributed by atoms with Crippen molar-refractivity contribution < 1.29 is 30.0 Å². The van der Waals surface area contributed by atoms with E-state index in [9.17, 15) is 30.0 Å². The van der Waals surface area contributed by atoms with Crippen LogP contribution in [-0.2, 0) is 23.8 Å². The number of fused-ring (bicyclic) bond motifs is 1. The summed E-state index contributed by atoms with van der Waals surface area (Å²) in [6, 6.07) is 8.33. The first kappa shape index (κ1) is 21.4. The summed E-state index contributed by atoms with van der Waals surface area (Å²) in [4.78, 5) is 15.1. The van der Waals surface area contributed by atoms with Gasteiger partial charge in [-0.2, -0.15) is 0 Å². The molecule has 2 aliphatic rings. The van der Waals surface area contributed by atoms with Crippen molar-refractivity contribution in [1.29, 1.82) is 0 Å². The molecule has 1 unspecified atom stereocenters. The first-order chi connectivity index (χ1) is 11.5. The number of allylic oxidation sites excluding steroid dienone is 2. The molecule has 0 spiro atoms. The van der Waals surface area contributed by atoms with Crippen LogP contribution in [0.3, 0.4) is 0 Å². The van der Waals surface area contributed by atoms with Crippen LogP contribution >= 0.6 is 19.6 Å². The summed E-state index contributed by atoms with van der Waals surface area (Å²) in [5.74, 6) is 0.461. The quantitative estimate of drug-likeness (QED) is 0.285. The van der Waals surface area contributed by atoms with Crippen molar-refractivity contribution in [2.24, 2.45) is 5.92 Å². The second-order valence-corrected chi connectivity index (χ2v) is 10.2. The first-order valence-electron chi connectivity index (χ1n) is 7.52. The molecule has 1 aliphatic heterocycles. The van der Waals surface area contributed by atoms with Crippen LogP contribution in [0.4, 0.5) is 25.2 Å². The number of thioether (sulfide) groups is 1. The number of Topliss-reactive ketones (excluding diaryl/α,β-unsaturated/α-hetero) is 1. The van der Waals surface area contributed by atoms with E-state index in [1.807, 2.05) is 18.2 Å². The molecule has 0 bridgehead atoms. The molecular formula is C16H17F6OPS2. The van der Waals surface area contributed by atoms with Gasteiger partial charge in [0.2, 0.25) is 10.5 Å². The summed E-state index contributed by atoms with van der Waals surface area (Å²) in [6.07, 6.45) is 4.86. The number of carbonyl (C=O) groups is 1. The van der Waals surface area contributed by atoms with Gasteiger partial charge in [0.05, 0.1) is 0 Å². The summed E-state index contributed by atoms with van der Waals surface area (Å²) in [5, 5.41) is 0. The van der Waals surface area contributed by atoms with E-state index in [2.05, 4.69) is 44.7 Å². The van der Waals surface area contributed by atoms with E-state index in [4.69, 9.17) is 0 Å². The Morgan fingerprint density at radius 2 is 1.65 bits per heavy atom. The van der Waals surface area contributed by atoms with Crippen molar-refractivity contribution in [3.05, 3.63) is 52.5 Å². The van der Waals surface area contributed by atoms with Crippen molar-refractivity contribution in [3.63, 3.8) is 0 Å². The maximum atomic E-state index is 12.8. The first-order valence-corrected chi connectivity index (χ1v) is 10.9. The molecule has 1 atom stereocenters. The van der Waals surface area contributed by atoms with Crippen LogP contribution in [0.15, 0.2) is 51.8 Å². The van der Waals surface area contributed by atoms with Crippen molar-refractivity contribution in [2.75, 3.05) is 0 Å². The normalized spacial score (nSPS) is 24.9. The van der Waals surface area contributed by atoms with Crippen molar-refractivity contribution in [2.45, 2.75) is 29.9 Å². The molecule has 0 radical (unpaired) electrons. The van der Waals surface area contributed by atoms with Gasteiger partial charge in [-0.25, -0.2) is 0 Å². The molecule has 26 heavy (non-hydrogen) atoms. The summed E-state index contributed by atoms with van der Waals surface area (Å²) in [5.41, 5.74) is 2.21. The third kappa shape index (κ3) is 5.79. The van der Waals surface area contributed by atoms with Crippen molar-refractivity contribution in [3.8, 4) is 0 Å². The molecule has 10 heteroatoms. The molecule has 0 aromatic heterocycles. The molecule has 1 nitrogen and oxygen atoms in total. The van der Waals surface area contributed by atoms with Gasteiger partial charge >= 0.3 is 33.0 Å². The fraction of sp³-hybridized carbons (Fsp3) is 0.312. The predicted molar refractivity (Wildman–Crippen MR) is 98.5 cm³/mol. The molecule has 0 amide bonds. The molecule has 0 fully saturated rings. The Kier molecular flexibility index (Phi) is 4.97. The van der Waals surface area contributed by atoms with E-state index in [1.165, 1.54) is 10.5 Å². The van der Waals surface area contributed by atoms with E-state index in [0.29, 0.717) is 0 Å². The number of halogens is 6. The number of hydrogen-bond acceptors (Lipinski definition) is 2. The summed E-state index contributed by atoms with van der Waals surface area (Å²) >= 11 is 5.41. The molecule has 146 valence electrons. The fourth-order valence-corrected chi connectivity index (χ4v) is 3.83. The van der Waals surface area contributed by atoms with Gasteiger partial charge in [0.1, 0.15) is 0 Å². The standard InChI is InChI=1S/C16H16OS2.F6P/c1-10(2)16(18)8-7-14-12(15(16)17)9-11-5-3-4-6-13(11)19-14;1-7(2,3,4,5)6/h3-8,10,18H,9H2,1-2H3;/q;-1/p+1. The van der Waals surface area contributed by atoms with Crippen LogP contribution in [0, 0.1) is 5.92 Å². The number of rotatable bonds is 1. The zero-order chi connectivity index (χ0) is 20.0. The van der Waals surface area contributed by atoms with Gasteiger partial charge in [-0.15, -0.1) is 0 Å². The maximum absolute atomic E-state index is 12.8. The molecular weight excluding hydrogens is 417 g/mol. The predicted octanol–water partition coefficient (Wildman–Crippen LogP) is 6.52. The van der Waals surface area contributed by atoms with Gasteiger partial charge in [-0.3, -0.25) is 4.79 Å². The minimum absolute atomic E-state index is 0.221.